The van der Waals surface area contributed by atoms with Gasteiger partial charge < -0.3 is 9.47 Å². The first-order chi connectivity index (χ1) is 9.37. The third-order valence-electron chi connectivity index (χ3n) is 2.38. The minimum atomic E-state index is -0.720. The fourth-order valence-electron chi connectivity index (χ4n) is 1.51. The van der Waals surface area contributed by atoms with Gasteiger partial charge in [-0.15, -0.1) is 11.6 Å². The van der Waals surface area contributed by atoms with Crippen LogP contribution in [-0.2, 0) is 14.3 Å². The van der Waals surface area contributed by atoms with Crippen molar-refractivity contribution in [2.45, 2.75) is 72.1 Å². The fraction of sp³-hybridized carbons (Fsp3) is 0.867. The van der Waals surface area contributed by atoms with Gasteiger partial charge in [0.15, 0.2) is 0 Å². The highest BCUT2D eigenvalue weighted by Gasteiger charge is 2.32. The Balaban J connectivity index is 4.96. The fourth-order valence-corrected chi connectivity index (χ4v) is 1.63. The highest BCUT2D eigenvalue weighted by atomic mass is 35.5. The summed E-state index contributed by atoms with van der Waals surface area (Å²) in [5.41, 5.74) is -1.22. The molecule has 1 atom stereocenters. The lowest BCUT2D eigenvalue weighted by molar-refractivity contribution is -0.160. The maximum absolute atomic E-state index is 12.2. The molecule has 0 aliphatic carbocycles. The topological polar surface area (TPSA) is 55.8 Å². The Morgan fingerprint density at radius 2 is 1.52 bits per heavy atom. The van der Waals surface area contributed by atoms with Crippen molar-refractivity contribution in [1.82, 2.24) is 4.90 Å². The van der Waals surface area contributed by atoms with Crippen molar-refractivity contribution in [3.05, 3.63) is 0 Å². The number of rotatable bonds is 5. The molecule has 0 saturated carbocycles. The Bertz CT molecular complexity index is 358. The largest absolute Gasteiger partial charge is 0.458 e. The quantitative estimate of drug-likeness (QED) is 0.573. The standard InChI is InChI=1S/C15H28ClNO4/c1-11(12(18)20-14(2,3)4)17(10-8-9-16)13(19)21-15(5,6)7/h11H,8-10H2,1-7H3. The molecule has 124 valence electrons. The number of ether oxygens (including phenoxy) is 2. The predicted octanol–water partition coefficient (Wildman–Crippen LogP) is 3.58. The molecule has 0 bridgehead atoms. The zero-order chi connectivity index (χ0) is 16.8. The first kappa shape index (κ1) is 20.0. The third kappa shape index (κ3) is 8.81. The summed E-state index contributed by atoms with van der Waals surface area (Å²) in [6, 6.07) is -0.720. The van der Waals surface area contributed by atoms with E-state index >= 15 is 0 Å². The Morgan fingerprint density at radius 3 is 1.90 bits per heavy atom. The van der Waals surface area contributed by atoms with Gasteiger partial charge in [0.05, 0.1) is 0 Å². The average molecular weight is 322 g/mol. The van der Waals surface area contributed by atoms with Crippen LogP contribution in [0.25, 0.3) is 0 Å². The lowest BCUT2D eigenvalue weighted by atomic mass is 10.2. The van der Waals surface area contributed by atoms with Gasteiger partial charge in [-0.25, -0.2) is 9.59 Å². The van der Waals surface area contributed by atoms with Crippen LogP contribution in [0.5, 0.6) is 0 Å². The molecule has 1 unspecified atom stereocenters. The summed E-state index contributed by atoms with van der Waals surface area (Å²) < 4.78 is 10.7. The number of esters is 1. The number of halogens is 1. The van der Waals surface area contributed by atoms with Crippen LogP contribution in [0, 0.1) is 0 Å². The Hall–Kier alpha value is -0.970. The molecule has 0 aliphatic rings. The number of carbonyl (C=O) groups excluding carboxylic acids is 2. The lowest BCUT2D eigenvalue weighted by Crippen LogP contribution is -2.48. The number of carbonyl (C=O) groups is 2. The van der Waals surface area contributed by atoms with Crippen molar-refractivity contribution >= 4 is 23.7 Å². The van der Waals surface area contributed by atoms with E-state index in [0.29, 0.717) is 18.8 Å². The van der Waals surface area contributed by atoms with E-state index in [4.69, 9.17) is 21.1 Å². The maximum atomic E-state index is 12.2. The van der Waals surface area contributed by atoms with Crippen molar-refractivity contribution in [3.8, 4) is 0 Å². The van der Waals surface area contributed by atoms with Crippen LogP contribution >= 0.6 is 11.6 Å². The molecule has 1 amide bonds. The lowest BCUT2D eigenvalue weighted by Gasteiger charge is -2.32. The molecule has 0 aromatic heterocycles. The van der Waals surface area contributed by atoms with Gasteiger partial charge in [0.2, 0.25) is 0 Å². The van der Waals surface area contributed by atoms with Crippen molar-refractivity contribution in [3.63, 3.8) is 0 Å². The van der Waals surface area contributed by atoms with Gasteiger partial charge in [-0.1, -0.05) is 0 Å². The molecular formula is C15H28ClNO4. The molecule has 0 heterocycles. The maximum Gasteiger partial charge on any atom is 0.411 e. The van der Waals surface area contributed by atoms with Gasteiger partial charge in [-0.3, -0.25) is 4.90 Å². The molecule has 0 radical (unpaired) electrons. The van der Waals surface area contributed by atoms with E-state index in [9.17, 15) is 9.59 Å². The van der Waals surface area contributed by atoms with Crippen LogP contribution < -0.4 is 0 Å². The average Bonchev–Trinajstić information content (AvgIpc) is 2.24. The first-order valence-corrected chi connectivity index (χ1v) is 7.69. The highest BCUT2D eigenvalue weighted by molar-refractivity contribution is 6.17. The van der Waals surface area contributed by atoms with Crippen molar-refractivity contribution < 1.29 is 19.1 Å². The number of alkyl halides is 1. The van der Waals surface area contributed by atoms with E-state index in [2.05, 4.69) is 0 Å². The molecule has 0 spiro atoms. The van der Waals surface area contributed by atoms with Gasteiger partial charge in [-0.2, -0.15) is 0 Å². The van der Waals surface area contributed by atoms with Crippen LogP contribution in [0.3, 0.4) is 0 Å². The number of amides is 1. The van der Waals surface area contributed by atoms with Crippen LogP contribution in [0.4, 0.5) is 4.79 Å². The van der Waals surface area contributed by atoms with Gasteiger partial charge in [0, 0.05) is 12.4 Å². The van der Waals surface area contributed by atoms with Crippen molar-refractivity contribution in [2.75, 3.05) is 12.4 Å². The second-order valence-corrected chi connectivity index (χ2v) is 7.30. The minimum absolute atomic E-state index is 0.346. The predicted molar refractivity (Wildman–Crippen MR) is 83.6 cm³/mol. The van der Waals surface area contributed by atoms with E-state index in [1.165, 1.54) is 4.90 Å². The molecule has 6 heteroatoms. The Labute approximate surface area is 132 Å². The van der Waals surface area contributed by atoms with Crippen molar-refractivity contribution in [1.29, 1.82) is 0 Å². The van der Waals surface area contributed by atoms with Crippen LogP contribution in [-0.4, -0.2) is 46.6 Å². The summed E-state index contributed by atoms with van der Waals surface area (Å²) in [5, 5.41) is 0. The highest BCUT2D eigenvalue weighted by Crippen LogP contribution is 2.16. The third-order valence-corrected chi connectivity index (χ3v) is 2.64. The van der Waals surface area contributed by atoms with E-state index < -0.39 is 29.3 Å². The molecule has 0 rings (SSSR count). The molecule has 0 N–H and O–H groups in total. The molecule has 0 aromatic rings. The molecule has 5 nitrogen and oxygen atoms in total. The summed E-state index contributed by atoms with van der Waals surface area (Å²) in [6.45, 7) is 12.7. The molecular weight excluding hydrogens is 294 g/mol. The zero-order valence-corrected chi connectivity index (χ0v) is 14.9. The molecule has 0 fully saturated rings. The van der Waals surface area contributed by atoms with Gasteiger partial charge in [0.25, 0.3) is 0 Å². The molecule has 21 heavy (non-hydrogen) atoms. The van der Waals surface area contributed by atoms with E-state index in [1.807, 2.05) is 0 Å². The van der Waals surface area contributed by atoms with Crippen LogP contribution in [0.15, 0.2) is 0 Å². The summed E-state index contributed by atoms with van der Waals surface area (Å²) in [4.78, 5) is 25.7. The normalized spacial score (nSPS) is 13.5. The van der Waals surface area contributed by atoms with Crippen LogP contribution in [0.1, 0.15) is 54.9 Å². The molecule has 0 aliphatic heterocycles. The van der Waals surface area contributed by atoms with Crippen LogP contribution in [0.2, 0.25) is 0 Å². The van der Waals surface area contributed by atoms with Crippen molar-refractivity contribution in [2.24, 2.45) is 0 Å². The van der Waals surface area contributed by atoms with E-state index in [-0.39, 0.29) is 0 Å². The van der Waals surface area contributed by atoms with E-state index in [1.54, 1.807) is 48.5 Å². The SMILES string of the molecule is CC(C(=O)OC(C)(C)C)N(CCCCl)C(=O)OC(C)(C)C. The Kier molecular flexibility index (Phi) is 7.51. The number of nitrogens with zero attached hydrogens (tertiary/aromatic N) is 1. The smallest absolute Gasteiger partial charge is 0.411 e. The van der Waals surface area contributed by atoms with E-state index in [0.717, 1.165) is 0 Å². The first-order valence-electron chi connectivity index (χ1n) is 7.16. The minimum Gasteiger partial charge on any atom is -0.458 e. The second-order valence-electron chi connectivity index (χ2n) is 6.93. The Morgan fingerprint density at radius 1 is 1.05 bits per heavy atom. The number of hydrogen-bond donors (Lipinski definition) is 0. The number of hydrogen-bond acceptors (Lipinski definition) is 4. The van der Waals surface area contributed by atoms with Gasteiger partial charge >= 0.3 is 12.1 Å². The van der Waals surface area contributed by atoms with Gasteiger partial charge in [0.1, 0.15) is 17.2 Å². The summed E-state index contributed by atoms with van der Waals surface area (Å²) in [7, 11) is 0. The van der Waals surface area contributed by atoms with Gasteiger partial charge in [-0.05, 0) is 54.9 Å². The summed E-state index contributed by atoms with van der Waals surface area (Å²) >= 11 is 5.68. The summed E-state index contributed by atoms with van der Waals surface area (Å²) in [6.07, 6.45) is 0.0412. The molecule has 0 saturated heterocycles. The zero-order valence-electron chi connectivity index (χ0n) is 14.2. The molecule has 0 aromatic carbocycles. The monoisotopic (exact) mass is 321 g/mol. The summed E-state index contributed by atoms with van der Waals surface area (Å²) in [5.74, 6) is -0.0525. The second kappa shape index (κ2) is 7.87.